The third-order valence-corrected chi connectivity index (χ3v) is 4.02. The number of hydrogen-bond donors (Lipinski definition) is 1. The van der Waals surface area contributed by atoms with Crippen LogP contribution in [-0.2, 0) is 0 Å². The first-order chi connectivity index (χ1) is 4.50. The molecule has 0 radical (unpaired) electrons. The Labute approximate surface area is 69.8 Å². The fourth-order valence-corrected chi connectivity index (χ4v) is 2.47. The van der Waals surface area contributed by atoms with Crippen LogP contribution in [0.1, 0.15) is 0 Å². The van der Waals surface area contributed by atoms with Gasteiger partial charge in [0.2, 0.25) is 0 Å². The van der Waals surface area contributed by atoms with Crippen molar-refractivity contribution in [3.63, 3.8) is 0 Å². The maximum absolute atomic E-state index is 4.57. The van der Waals surface area contributed by atoms with Crippen molar-refractivity contribution in [1.29, 1.82) is 0 Å². The standard InChI is InChI=1S/C6H16N2S2/c1-7-4-5-8(6-7)10(2,3)9/h9H,4-6H2,1-3H3. The van der Waals surface area contributed by atoms with Gasteiger partial charge in [-0.05, 0) is 19.6 Å². The third-order valence-electron chi connectivity index (χ3n) is 1.76. The molecule has 0 amide bonds. The second-order valence-electron chi connectivity index (χ2n) is 3.15. The van der Waals surface area contributed by atoms with Gasteiger partial charge >= 0.3 is 0 Å². The van der Waals surface area contributed by atoms with Crippen molar-refractivity contribution < 1.29 is 0 Å². The van der Waals surface area contributed by atoms with Gasteiger partial charge in [-0.1, -0.05) is 0 Å². The van der Waals surface area contributed by atoms with Gasteiger partial charge in [0, 0.05) is 13.1 Å². The van der Waals surface area contributed by atoms with Crippen LogP contribution in [0.5, 0.6) is 0 Å². The summed E-state index contributed by atoms with van der Waals surface area (Å²) in [6.07, 6.45) is 4.44. The van der Waals surface area contributed by atoms with E-state index in [2.05, 4.69) is 40.4 Å². The van der Waals surface area contributed by atoms with Gasteiger partial charge in [0.15, 0.2) is 0 Å². The van der Waals surface area contributed by atoms with Crippen molar-refractivity contribution in [3.8, 4) is 0 Å². The van der Waals surface area contributed by atoms with Crippen LogP contribution in [0.4, 0.5) is 0 Å². The molecule has 0 N–H and O–H groups in total. The molecule has 1 aliphatic heterocycles. The normalized spacial score (nSPS) is 25.6. The first kappa shape index (κ1) is 8.71. The molecule has 62 valence electrons. The molecule has 0 aromatic carbocycles. The van der Waals surface area contributed by atoms with E-state index >= 15 is 0 Å². The van der Waals surface area contributed by atoms with Gasteiger partial charge in [-0.15, -0.1) is 20.9 Å². The van der Waals surface area contributed by atoms with Gasteiger partial charge in [-0.3, -0.25) is 4.90 Å². The molecule has 0 aromatic rings. The summed E-state index contributed by atoms with van der Waals surface area (Å²) in [5.41, 5.74) is 0. The van der Waals surface area contributed by atoms with Crippen molar-refractivity contribution in [1.82, 2.24) is 9.21 Å². The average Bonchev–Trinajstić information content (AvgIpc) is 2.11. The highest BCUT2D eigenvalue weighted by molar-refractivity contribution is 8.86. The molecule has 10 heavy (non-hydrogen) atoms. The van der Waals surface area contributed by atoms with Crippen molar-refractivity contribution in [2.24, 2.45) is 0 Å². The summed E-state index contributed by atoms with van der Waals surface area (Å²) in [6.45, 7) is 3.46. The van der Waals surface area contributed by atoms with E-state index in [0.717, 1.165) is 6.67 Å². The summed E-state index contributed by atoms with van der Waals surface area (Å²) in [6, 6.07) is 0. The molecule has 0 aliphatic carbocycles. The molecule has 2 nitrogen and oxygen atoms in total. The van der Waals surface area contributed by atoms with E-state index in [1.165, 1.54) is 13.1 Å². The molecular formula is C6H16N2S2. The summed E-state index contributed by atoms with van der Waals surface area (Å²) in [5, 5.41) is 0. The third kappa shape index (κ3) is 2.05. The Morgan fingerprint density at radius 3 is 2.10 bits per heavy atom. The second-order valence-corrected chi connectivity index (χ2v) is 8.78. The molecule has 0 spiro atoms. The van der Waals surface area contributed by atoms with E-state index in [4.69, 9.17) is 0 Å². The number of thiol groups is 1. The van der Waals surface area contributed by atoms with E-state index in [0.29, 0.717) is 0 Å². The van der Waals surface area contributed by atoms with E-state index in [9.17, 15) is 0 Å². The highest BCUT2D eigenvalue weighted by Gasteiger charge is 2.23. The van der Waals surface area contributed by atoms with Gasteiger partial charge in [0.05, 0.1) is 6.67 Å². The second kappa shape index (κ2) is 2.93. The molecule has 1 heterocycles. The molecule has 0 aromatic heterocycles. The zero-order valence-electron chi connectivity index (χ0n) is 6.87. The maximum atomic E-state index is 4.57. The Kier molecular flexibility index (Phi) is 2.55. The predicted octanol–water partition coefficient (Wildman–Crippen LogP) is 1.02. The van der Waals surface area contributed by atoms with Crippen LogP contribution in [0, 0.1) is 0 Å². The lowest BCUT2D eigenvalue weighted by Crippen LogP contribution is -2.23. The van der Waals surface area contributed by atoms with Crippen molar-refractivity contribution in [2.45, 2.75) is 0 Å². The minimum Gasteiger partial charge on any atom is -0.292 e. The number of rotatable bonds is 1. The van der Waals surface area contributed by atoms with Gasteiger partial charge in [0.1, 0.15) is 0 Å². The molecule has 1 saturated heterocycles. The van der Waals surface area contributed by atoms with E-state index in [1.54, 1.807) is 0 Å². The lowest BCUT2D eigenvalue weighted by Gasteiger charge is -2.35. The van der Waals surface area contributed by atoms with Crippen LogP contribution < -0.4 is 0 Å². The predicted molar refractivity (Wildman–Crippen MR) is 52.6 cm³/mol. The topological polar surface area (TPSA) is 6.48 Å². The Hall–Kier alpha value is 0.620. The van der Waals surface area contributed by atoms with Gasteiger partial charge in [0.25, 0.3) is 0 Å². The number of nitrogens with zero attached hydrogens (tertiary/aromatic N) is 2. The molecule has 4 heteroatoms. The van der Waals surface area contributed by atoms with Crippen molar-refractivity contribution in [2.75, 3.05) is 39.3 Å². The van der Waals surface area contributed by atoms with Gasteiger partial charge in [-0.25, -0.2) is 4.31 Å². The minimum absolute atomic E-state index is 0.749. The molecule has 0 bridgehead atoms. The van der Waals surface area contributed by atoms with E-state index < -0.39 is 9.25 Å². The highest BCUT2D eigenvalue weighted by atomic mass is 33.1. The van der Waals surface area contributed by atoms with E-state index in [1.807, 2.05) is 0 Å². The smallest absolute Gasteiger partial charge is 0.0596 e. The fourth-order valence-electron chi connectivity index (χ4n) is 1.06. The van der Waals surface area contributed by atoms with E-state index in [-0.39, 0.29) is 0 Å². The molecule has 0 saturated carbocycles. The highest BCUT2D eigenvalue weighted by Crippen LogP contribution is 2.49. The zero-order valence-corrected chi connectivity index (χ0v) is 8.58. The Balaban J connectivity index is 2.45. The molecule has 1 rings (SSSR count). The number of likely N-dealkylation sites (N-methyl/N-ethyl adjacent to an activating group) is 1. The van der Waals surface area contributed by atoms with Crippen LogP contribution >= 0.6 is 20.9 Å². The average molecular weight is 180 g/mol. The molecule has 1 fully saturated rings. The molecule has 1 aliphatic rings. The molecular weight excluding hydrogens is 164 g/mol. The SMILES string of the molecule is CN1CCN(S(C)(C)S)C1. The monoisotopic (exact) mass is 180 g/mol. The van der Waals surface area contributed by atoms with Crippen LogP contribution in [0.2, 0.25) is 0 Å². The fraction of sp³-hybridized carbons (Fsp3) is 1.00. The van der Waals surface area contributed by atoms with Gasteiger partial charge < -0.3 is 0 Å². The van der Waals surface area contributed by atoms with Crippen LogP contribution in [0.3, 0.4) is 0 Å². The number of hydrogen-bond acceptors (Lipinski definition) is 3. The Morgan fingerprint density at radius 2 is 1.90 bits per heavy atom. The zero-order chi connectivity index (χ0) is 7.78. The van der Waals surface area contributed by atoms with Crippen LogP contribution in [0.25, 0.3) is 0 Å². The largest absolute Gasteiger partial charge is 0.292 e. The summed E-state index contributed by atoms with van der Waals surface area (Å²) in [7, 11) is 1.40. The first-order valence-electron chi connectivity index (χ1n) is 3.39. The molecule has 0 atom stereocenters. The summed E-state index contributed by atoms with van der Waals surface area (Å²) in [5.74, 6) is 0. The Morgan fingerprint density at radius 1 is 1.30 bits per heavy atom. The summed E-state index contributed by atoms with van der Waals surface area (Å²) in [4.78, 5) is 2.32. The quantitative estimate of drug-likeness (QED) is 0.475. The lowest BCUT2D eigenvalue weighted by atomic mass is 10.7. The maximum Gasteiger partial charge on any atom is 0.0596 e. The van der Waals surface area contributed by atoms with Crippen LogP contribution in [-0.4, -0.2) is 48.5 Å². The summed E-state index contributed by atoms with van der Waals surface area (Å²) < 4.78 is 2.44. The van der Waals surface area contributed by atoms with Crippen LogP contribution in [0.15, 0.2) is 0 Å². The van der Waals surface area contributed by atoms with Crippen molar-refractivity contribution in [3.05, 3.63) is 0 Å². The summed E-state index contributed by atoms with van der Waals surface area (Å²) >= 11 is 4.57. The minimum atomic E-state index is -0.749. The first-order valence-corrected chi connectivity index (χ1v) is 6.85. The van der Waals surface area contributed by atoms with Crippen molar-refractivity contribution >= 4 is 20.9 Å². The Bertz CT molecular complexity index is 121. The van der Waals surface area contributed by atoms with Gasteiger partial charge in [-0.2, -0.15) is 0 Å². The molecule has 0 unspecified atom stereocenters. The lowest BCUT2D eigenvalue weighted by molar-refractivity contribution is 0.375.